The van der Waals surface area contributed by atoms with E-state index in [1.807, 2.05) is 24.3 Å². The second-order valence-electron chi connectivity index (χ2n) is 8.57. The topological polar surface area (TPSA) is 120 Å². The van der Waals surface area contributed by atoms with Gasteiger partial charge in [0.1, 0.15) is 0 Å². The highest BCUT2D eigenvalue weighted by molar-refractivity contribution is 7.90. The number of nitrogens with zero attached hydrogens (tertiary/aromatic N) is 3. The van der Waals surface area contributed by atoms with E-state index < -0.39 is 34.3 Å². The Bertz CT molecular complexity index is 1400. The van der Waals surface area contributed by atoms with Gasteiger partial charge in [0, 0.05) is 37.3 Å². The predicted molar refractivity (Wildman–Crippen MR) is 131 cm³/mol. The molecule has 1 unspecified atom stereocenters. The third-order valence-electron chi connectivity index (χ3n) is 5.73. The first-order valence-electron chi connectivity index (χ1n) is 11.3. The van der Waals surface area contributed by atoms with Crippen molar-refractivity contribution in [2.24, 2.45) is 0 Å². The summed E-state index contributed by atoms with van der Waals surface area (Å²) in [6.07, 6.45) is -8.50. The van der Waals surface area contributed by atoms with Crippen LogP contribution in [0, 0.1) is 0 Å². The summed E-state index contributed by atoms with van der Waals surface area (Å²) in [6.45, 7) is 2.99. The molecule has 16 heteroatoms. The zero-order valence-corrected chi connectivity index (χ0v) is 21.8. The summed E-state index contributed by atoms with van der Waals surface area (Å²) in [5.74, 6) is -5.51. The molecule has 4 rings (SSSR count). The van der Waals surface area contributed by atoms with Crippen molar-refractivity contribution in [1.82, 2.24) is 13.8 Å². The van der Waals surface area contributed by atoms with E-state index >= 15 is 0 Å². The number of carboxylic acid groups (broad SMARTS) is 2. The molecule has 0 bridgehead atoms. The Morgan fingerprint density at radius 3 is 1.85 bits per heavy atom. The zero-order valence-electron chi connectivity index (χ0n) is 21.0. The Morgan fingerprint density at radius 1 is 0.825 bits per heavy atom. The fourth-order valence-electron chi connectivity index (χ4n) is 3.72. The molecule has 2 heterocycles. The molecule has 1 aliphatic heterocycles. The van der Waals surface area contributed by atoms with Crippen LogP contribution >= 0.6 is 0 Å². The van der Waals surface area contributed by atoms with Crippen molar-refractivity contribution < 1.29 is 54.6 Å². The smallest absolute Gasteiger partial charge is 0.475 e. The molecule has 220 valence electrons. The molecule has 1 aromatic heterocycles. The predicted octanol–water partition coefficient (Wildman–Crippen LogP) is 4.06. The van der Waals surface area contributed by atoms with Gasteiger partial charge >= 0.3 is 24.3 Å². The van der Waals surface area contributed by atoms with Crippen molar-refractivity contribution in [3.8, 4) is 0 Å². The lowest BCUT2D eigenvalue weighted by atomic mass is 9.99. The number of benzene rings is 2. The number of hydrogen-bond acceptors (Lipinski definition) is 6. The Kier molecular flexibility index (Phi) is 10.3. The van der Waals surface area contributed by atoms with E-state index in [1.165, 1.54) is 9.54 Å². The Hall–Kier alpha value is -3.63. The minimum absolute atomic E-state index is 0.257. The maximum absolute atomic E-state index is 13.1. The van der Waals surface area contributed by atoms with Gasteiger partial charge in [-0.15, -0.1) is 0 Å². The first-order chi connectivity index (χ1) is 18.4. The zero-order chi connectivity index (χ0) is 30.5. The second-order valence-corrected chi connectivity index (χ2v) is 10.4. The van der Waals surface area contributed by atoms with Gasteiger partial charge < -0.3 is 15.1 Å². The van der Waals surface area contributed by atoms with Crippen LogP contribution in [0.15, 0.2) is 65.7 Å². The summed E-state index contributed by atoms with van der Waals surface area (Å²) in [6, 6.07) is 16.7. The van der Waals surface area contributed by atoms with Crippen molar-refractivity contribution in [1.29, 1.82) is 0 Å². The van der Waals surface area contributed by atoms with Gasteiger partial charge in [0.25, 0.3) is 10.0 Å². The van der Waals surface area contributed by atoms with Crippen molar-refractivity contribution >= 4 is 32.9 Å². The highest BCUT2D eigenvalue weighted by Gasteiger charge is 2.39. The first kappa shape index (κ1) is 32.6. The molecular weight excluding hydrogens is 572 g/mol. The maximum Gasteiger partial charge on any atom is 0.490 e. The van der Waals surface area contributed by atoms with Crippen LogP contribution in [0.25, 0.3) is 10.9 Å². The van der Waals surface area contributed by atoms with Crippen LogP contribution < -0.4 is 0 Å². The van der Waals surface area contributed by atoms with Gasteiger partial charge in [-0.05, 0) is 43.9 Å². The van der Waals surface area contributed by atoms with Crippen LogP contribution in [-0.2, 0) is 19.6 Å². The molecule has 1 saturated heterocycles. The molecule has 1 aliphatic rings. The highest BCUT2D eigenvalue weighted by Crippen LogP contribution is 2.32. The summed E-state index contributed by atoms with van der Waals surface area (Å²) >= 11 is 0. The fourth-order valence-corrected chi connectivity index (χ4v) is 5.09. The molecule has 9 nitrogen and oxygen atoms in total. The average molecular weight is 598 g/mol. The SMILES string of the molecule is CN1CCN(C)C(c2cccc3c2ccn3S(=O)(=O)c2ccccc2)C1.O=C(O)C(F)(F)F.O=C(O)C(F)(F)F. The number of halogens is 6. The van der Waals surface area contributed by atoms with Gasteiger partial charge in [-0.3, -0.25) is 4.90 Å². The monoisotopic (exact) mass is 597 g/mol. The number of aromatic nitrogens is 1. The van der Waals surface area contributed by atoms with E-state index in [0.717, 1.165) is 30.5 Å². The third kappa shape index (κ3) is 8.19. The number of alkyl halides is 6. The van der Waals surface area contributed by atoms with Gasteiger partial charge in [-0.2, -0.15) is 26.3 Å². The summed E-state index contributed by atoms with van der Waals surface area (Å²) in [5.41, 5.74) is 1.91. The number of piperazine rings is 1. The van der Waals surface area contributed by atoms with Crippen molar-refractivity contribution in [3.63, 3.8) is 0 Å². The lowest BCUT2D eigenvalue weighted by Gasteiger charge is -2.38. The number of hydrogen-bond donors (Lipinski definition) is 2. The van der Waals surface area contributed by atoms with Crippen LogP contribution in [0.1, 0.15) is 11.6 Å². The Morgan fingerprint density at radius 2 is 1.35 bits per heavy atom. The molecule has 2 N–H and O–H groups in total. The summed E-state index contributed by atoms with van der Waals surface area (Å²) in [4.78, 5) is 22.8. The molecule has 1 fully saturated rings. The maximum atomic E-state index is 13.1. The van der Waals surface area contributed by atoms with Crippen LogP contribution in [0.3, 0.4) is 0 Å². The number of fused-ring (bicyclic) bond motifs is 1. The quantitative estimate of drug-likeness (QED) is 0.434. The Balaban J connectivity index is 0.000000333. The molecule has 3 aromatic rings. The molecule has 40 heavy (non-hydrogen) atoms. The van der Waals surface area contributed by atoms with Crippen LogP contribution in [0.5, 0.6) is 0 Å². The average Bonchev–Trinajstić information content (AvgIpc) is 3.31. The van der Waals surface area contributed by atoms with Gasteiger partial charge in [-0.25, -0.2) is 22.0 Å². The second kappa shape index (κ2) is 12.7. The minimum atomic E-state index is -5.08. The van der Waals surface area contributed by atoms with Crippen molar-refractivity contribution in [2.75, 3.05) is 33.7 Å². The van der Waals surface area contributed by atoms with Crippen LogP contribution in [0.4, 0.5) is 26.3 Å². The number of rotatable bonds is 3. The standard InChI is InChI=1S/C20H23N3O2S.2C2HF3O2/c1-21-13-14-22(2)20(15-21)17-9-6-10-19-18(17)11-12-23(19)26(24,25)16-7-4-3-5-8-16;2*3-2(4,5)1(6)7/h3-12,20H,13-15H2,1-2H3;2*(H,6,7). The lowest BCUT2D eigenvalue weighted by Crippen LogP contribution is -2.44. The van der Waals surface area contributed by atoms with Gasteiger partial charge in [0.05, 0.1) is 10.4 Å². The van der Waals surface area contributed by atoms with E-state index in [0.29, 0.717) is 4.90 Å². The van der Waals surface area contributed by atoms with E-state index in [2.05, 4.69) is 30.0 Å². The number of likely N-dealkylation sites (N-methyl/N-ethyl adjacent to an activating group) is 2. The number of carbonyl (C=O) groups is 2. The summed E-state index contributed by atoms with van der Waals surface area (Å²) in [7, 11) is 0.662. The largest absolute Gasteiger partial charge is 0.490 e. The number of carboxylic acids is 2. The molecular formula is C24H25F6N3O6S. The lowest BCUT2D eigenvalue weighted by molar-refractivity contribution is -0.193. The molecule has 0 spiro atoms. The van der Waals surface area contributed by atoms with E-state index in [9.17, 15) is 34.8 Å². The normalized spacial score (nSPS) is 16.9. The van der Waals surface area contributed by atoms with Gasteiger partial charge in [0.2, 0.25) is 0 Å². The van der Waals surface area contributed by atoms with Gasteiger partial charge in [0.15, 0.2) is 0 Å². The molecule has 0 radical (unpaired) electrons. The van der Waals surface area contributed by atoms with E-state index in [-0.39, 0.29) is 6.04 Å². The Labute approximate surface area is 224 Å². The van der Waals surface area contributed by atoms with E-state index in [1.54, 1.807) is 30.5 Å². The molecule has 1 atom stereocenters. The van der Waals surface area contributed by atoms with Gasteiger partial charge in [-0.1, -0.05) is 30.3 Å². The molecule has 0 amide bonds. The first-order valence-corrected chi connectivity index (χ1v) is 12.7. The highest BCUT2D eigenvalue weighted by atomic mass is 32.2. The third-order valence-corrected chi connectivity index (χ3v) is 7.43. The summed E-state index contributed by atoms with van der Waals surface area (Å²) < 4.78 is 91.0. The van der Waals surface area contributed by atoms with Crippen molar-refractivity contribution in [2.45, 2.75) is 23.3 Å². The number of aliphatic carboxylic acids is 2. The summed E-state index contributed by atoms with van der Waals surface area (Å²) in [5, 5.41) is 15.2. The van der Waals surface area contributed by atoms with Crippen LogP contribution in [-0.4, -0.2) is 90.4 Å². The minimum Gasteiger partial charge on any atom is -0.475 e. The fraction of sp³-hybridized carbons (Fsp3) is 0.333. The molecule has 0 aliphatic carbocycles. The van der Waals surface area contributed by atoms with Crippen LogP contribution in [0.2, 0.25) is 0 Å². The van der Waals surface area contributed by atoms with Crippen molar-refractivity contribution in [3.05, 3.63) is 66.4 Å². The van der Waals surface area contributed by atoms with E-state index in [4.69, 9.17) is 19.8 Å². The molecule has 2 aromatic carbocycles. The molecule has 0 saturated carbocycles.